The van der Waals surface area contributed by atoms with Crippen LogP contribution in [0.15, 0.2) is 0 Å². The Morgan fingerprint density at radius 3 is 3.00 bits per heavy atom. The summed E-state index contributed by atoms with van der Waals surface area (Å²) in [4.78, 5) is 2.65. The first-order valence-electron chi connectivity index (χ1n) is 5.91. The Kier molecular flexibility index (Phi) is 4.14. The van der Waals surface area contributed by atoms with E-state index >= 15 is 0 Å². The number of nitrogens with one attached hydrogen (secondary N) is 1. The second-order valence-electron chi connectivity index (χ2n) is 4.53. The second-order valence-corrected chi connectivity index (χ2v) is 5.76. The van der Waals surface area contributed by atoms with Gasteiger partial charge in [-0.3, -0.25) is 4.90 Å². The van der Waals surface area contributed by atoms with Crippen molar-refractivity contribution in [3.05, 3.63) is 0 Å². The molecule has 1 N–H and O–H groups in total. The highest BCUT2D eigenvalue weighted by atomic mass is 32.2. The Bertz CT molecular complexity index is 163. The van der Waals surface area contributed by atoms with E-state index in [4.69, 9.17) is 0 Å². The van der Waals surface area contributed by atoms with E-state index in [0.717, 1.165) is 12.1 Å². The van der Waals surface area contributed by atoms with Crippen molar-refractivity contribution in [2.24, 2.45) is 0 Å². The highest BCUT2D eigenvalue weighted by Crippen LogP contribution is 2.19. The van der Waals surface area contributed by atoms with Crippen molar-refractivity contribution < 1.29 is 0 Å². The summed E-state index contributed by atoms with van der Waals surface area (Å²) in [6.45, 7) is 6.15. The van der Waals surface area contributed by atoms with Gasteiger partial charge >= 0.3 is 0 Å². The van der Waals surface area contributed by atoms with Crippen LogP contribution in [0.2, 0.25) is 0 Å². The molecule has 2 aliphatic rings. The number of thioether (sulfide) groups is 1. The summed E-state index contributed by atoms with van der Waals surface area (Å²) in [7, 11) is 0. The number of hydrogen-bond donors (Lipinski definition) is 1. The molecule has 2 nitrogen and oxygen atoms in total. The van der Waals surface area contributed by atoms with Crippen LogP contribution in [0.3, 0.4) is 0 Å². The fourth-order valence-corrected chi connectivity index (χ4v) is 2.86. The highest BCUT2D eigenvalue weighted by molar-refractivity contribution is 7.99. The van der Waals surface area contributed by atoms with Gasteiger partial charge in [-0.25, -0.2) is 0 Å². The molecule has 82 valence electrons. The molecule has 0 aromatic rings. The first kappa shape index (κ1) is 10.8. The van der Waals surface area contributed by atoms with Crippen LogP contribution in [0.4, 0.5) is 0 Å². The predicted octanol–water partition coefficient (Wildman–Crippen LogP) is 1.57. The lowest BCUT2D eigenvalue weighted by molar-refractivity contribution is 0.220. The van der Waals surface area contributed by atoms with Crippen molar-refractivity contribution in [1.82, 2.24) is 10.2 Å². The first-order valence-corrected chi connectivity index (χ1v) is 7.07. The molecular weight excluding hydrogens is 192 g/mol. The van der Waals surface area contributed by atoms with E-state index in [1.807, 2.05) is 0 Å². The quantitative estimate of drug-likeness (QED) is 0.765. The maximum absolute atomic E-state index is 3.63. The molecule has 0 bridgehead atoms. The van der Waals surface area contributed by atoms with Gasteiger partial charge in [0.1, 0.15) is 0 Å². The number of nitrogens with zero attached hydrogens (tertiary/aromatic N) is 1. The van der Waals surface area contributed by atoms with E-state index in [2.05, 4.69) is 28.9 Å². The molecule has 1 heterocycles. The predicted molar refractivity (Wildman–Crippen MR) is 64.0 cm³/mol. The van der Waals surface area contributed by atoms with Crippen molar-refractivity contribution in [3.63, 3.8) is 0 Å². The lowest BCUT2D eigenvalue weighted by Crippen LogP contribution is -2.42. The molecule has 0 radical (unpaired) electrons. The third-order valence-electron chi connectivity index (χ3n) is 3.16. The lowest BCUT2D eigenvalue weighted by atomic mass is 10.2. The second kappa shape index (κ2) is 5.38. The summed E-state index contributed by atoms with van der Waals surface area (Å²) in [5, 5.41) is 3.63. The average molecular weight is 214 g/mol. The molecule has 1 unspecified atom stereocenters. The Labute approximate surface area is 91.8 Å². The van der Waals surface area contributed by atoms with Gasteiger partial charge in [-0.05, 0) is 38.5 Å². The van der Waals surface area contributed by atoms with E-state index in [-0.39, 0.29) is 0 Å². The molecule has 1 saturated carbocycles. The molecule has 2 rings (SSSR count). The van der Waals surface area contributed by atoms with Crippen molar-refractivity contribution >= 4 is 11.8 Å². The smallest absolute Gasteiger partial charge is 0.0192 e. The Hall–Kier alpha value is 0.270. The molecule has 0 amide bonds. The first-order chi connectivity index (χ1) is 6.86. The zero-order valence-corrected chi connectivity index (χ0v) is 9.98. The average Bonchev–Trinajstić information content (AvgIpc) is 3.01. The minimum Gasteiger partial charge on any atom is -0.312 e. The monoisotopic (exact) mass is 214 g/mol. The van der Waals surface area contributed by atoms with E-state index in [1.165, 1.54) is 50.4 Å². The molecule has 3 heteroatoms. The standard InChI is InChI=1S/C11H22N2S/c1-10(9-12-11-3-4-11)13-5-2-7-14-8-6-13/h10-12H,2-9H2,1H3. The lowest BCUT2D eigenvalue weighted by Gasteiger charge is -2.27. The fourth-order valence-electron chi connectivity index (χ4n) is 1.96. The van der Waals surface area contributed by atoms with E-state index in [9.17, 15) is 0 Å². The third kappa shape index (κ3) is 3.44. The normalized spacial score (nSPS) is 27.2. The Balaban J connectivity index is 1.67. The zero-order chi connectivity index (χ0) is 9.80. The van der Waals surface area contributed by atoms with Crippen molar-refractivity contribution in [1.29, 1.82) is 0 Å². The van der Waals surface area contributed by atoms with Gasteiger partial charge in [0, 0.05) is 30.9 Å². The van der Waals surface area contributed by atoms with Gasteiger partial charge in [-0.1, -0.05) is 0 Å². The van der Waals surface area contributed by atoms with Crippen LogP contribution in [0.1, 0.15) is 26.2 Å². The van der Waals surface area contributed by atoms with Gasteiger partial charge in [0.2, 0.25) is 0 Å². The summed E-state index contributed by atoms with van der Waals surface area (Å²) in [5.41, 5.74) is 0. The molecule has 1 atom stereocenters. The van der Waals surface area contributed by atoms with Crippen LogP contribution < -0.4 is 5.32 Å². The Morgan fingerprint density at radius 1 is 1.36 bits per heavy atom. The SMILES string of the molecule is CC(CNC1CC1)N1CCCSCC1. The molecule has 2 fully saturated rings. The van der Waals surface area contributed by atoms with Crippen LogP contribution in [0.5, 0.6) is 0 Å². The molecule has 1 saturated heterocycles. The van der Waals surface area contributed by atoms with Crippen molar-refractivity contribution in [2.45, 2.75) is 38.3 Å². The summed E-state index contributed by atoms with van der Waals surface area (Å²) < 4.78 is 0. The molecule has 0 aromatic heterocycles. The summed E-state index contributed by atoms with van der Waals surface area (Å²) in [6, 6.07) is 1.59. The largest absolute Gasteiger partial charge is 0.312 e. The third-order valence-corrected chi connectivity index (χ3v) is 4.21. The van der Waals surface area contributed by atoms with E-state index in [0.29, 0.717) is 0 Å². The van der Waals surface area contributed by atoms with Crippen LogP contribution in [-0.4, -0.2) is 48.1 Å². The maximum Gasteiger partial charge on any atom is 0.0192 e. The van der Waals surface area contributed by atoms with Gasteiger partial charge in [-0.2, -0.15) is 11.8 Å². The molecule has 1 aliphatic heterocycles. The molecule has 0 aromatic carbocycles. The zero-order valence-electron chi connectivity index (χ0n) is 9.17. The van der Waals surface area contributed by atoms with Gasteiger partial charge in [0.05, 0.1) is 0 Å². The minimum absolute atomic E-state index is 0.731. The summed E-state index contributed by atoms with van der Waals surface area (Å²) in [5.74, 6) is 2.69. The Morgan fingerprint density at radius 2 is 2.21 bits per heavy atom. The molecular formula is C11H22N2S. The maximum atomic E-state index is 3.63. The van der Waals surface area contributed by atoms with Crippen LogP contribution in [0.25, 0.3) is 0 Å². The number of hydrogen-bond acceptors (Lipinski definition) is 3. The van der Waals surface area contributed by atoms with Gasteiger partial charge in [0.25, 0.3) is 0 Å². The fraction of sp³-hybridized carbons (Fsp3) is 1.00. The highest BCUT2D eigenvalue weighted by Gasteiger charge is 2.22. The molecule has 1 aliphatic carbocycles. The van der Waals surface area contributed by atoms with E-state index < -0.39 is 0 Å². The van der Waals surface area contributed by atoms with Crippen molar-refractivity contribution in [3.8, 4) is 0 Å². The van der Waals surface area contributed by atoms with Crippen LogP contribution >= 0.6 is 11.8 Å². The molecule has 14 heavy (non-hydrogen) atoms. The van der Waals surface area contributed by atoms with Gasteiger partial charge in [-0.15, -0.1) is 0 Å². The van der Waals surface area contributed by atoms with Crippen LogP contribution in [-0.2, 0) is 0 Å². The van der Waals surface area contributed by atoms with Crippen molar-refractivity contribution in [2.75, 3.05) is 31.1 Å². The summed E-state index contributed by atoms with van der Waals surface area (Å²) >= 11 is 2.11. The topological polar surface area (TPSA) is 15.3 Å². The van der Waals surface area contributed by atoms with Gasteiger partial charge in [0.15, 0.2) is 0 Å². The van der Waals surface area contributed by atoms with E-state index in [1.54, 1.807) is 0 Å². The summed E-state index contributed by atoms with van der Waals surface area (Å²) in [6.07, 6.45) is 4.18. The van der Waals surface area contributed by atoms with Crippen LogP contribution in [0, 0.1) is 0 Å². The number of rotatable bonds is 4. The van der Waals surface area contributed by atoms with Gasteiger partial charge < -0.3 is 5.32 Å². The molecule has 0 spiro atoms. The minimum atomic E-state index is 0.731.